The second-order valence-electron chi connectivity index (χ2n) is 4.21. The fourth-order valence-corrected chi connectivity index (χ4v) is 2.15. The van der Waals surface area contributed by atoms with Crippen LogP contribution in [0, 0.1) is 0 Å². The third-order valence-corrected chi connectivity index (χ3v) is 3.10. The van der Waals surface area contributed by atoms with E-state index in [4.69, 9.17) is 11.5 Å². The van der Waals surface area contributed by atoms with E-state index >= 15 is 0 Å². The summed E-state index contributed by atoms with van der Waals surface area (Å²) in [5, 5.41) is 0. The maximum atomic E-state index is 5.99. The summed E-state index contributed by atoms with van der Waals surface area (Å²) < 4.78 is 0. The van der Waals surface area contributed by atoms with Crippen molar-refractivity contribution < 1.29 is 0 Å². The minimum absolute atomic E-state index is 0.844. The molecular formula is C15H18N2. The first-order chi connectivity index (χ1) is 8.22. The Balaban J connectivity index is 2.37. The lowest BCUT2D eigenvalue weighted by Gasteiger charge is -2.12. The van der Waals surface area contributed by atoms with Crippen molar-refractivity contribution in [2.24, 2.45) is 0 Å². The van der Waals surface area contributed by atoms with Crippen LogP contribution in [0.1, 0.15) is 23.6 Å². The molecule has 2 aromatic rings. The van der Waals surface area contributed by atoms with Gasteiger partial charge < -0.3 is 11.5 Å². The van der Waals surface area contributed by atoms with Gasteiger partial charge in [0.05, 0.1) is 0 Å². The Hall–Kier alpha value is -1.96. The lowest BCUT2D eigenvalue weighted by Crippen LogP contribution is -2.01. The molecule has 0 radical (unpaired) electrons. The molecule has 0 saturated carbocycles. The van der Waals surface area contributed by atoms with Crippen LogP contribution in [0.4, 0.5) is 11.4 Å². The number of hydrogen-bond donors (Lipinski definition) is 2. The second-order valence-corrected chi connectivity index (χ2v) is 4.21. The van der Waals surface area contributed by atoms with Gasteiger partial charge in [0, 0.05) is 11.4 Å². The van der Waals surface area contributed by atoms with Gasteiger partial charge in [0.15, 0.2) is 0 Å². The summed E-state index contributed by atoms with van der Waals surface area (Å²) >= 11 is 0. The summed E-state index contributed by atoms with van der Waals surface area (Å²) in [6.07, 6.45) is 1.80. The van der Waals surface area contributed by atoms with Gasteiger partial charge in [0.25, 0.3) is 0 Å². The van der Waals surface area contributed by atoms with E-state index in [1.54, 1.807) is 0 Å². The van der Waals surface area contributed by atoms with Gasteiger partial charge >= 0.3 is 0 Å². The Morgan fingerprint density at radius 2 is 1.47 bits per heavy atom. The molecule has 2 aromatic carbocycles. The number of nitrogen functional groups attached to an aromatic ring is 2. The lowest BCUT2D eigenvalue weighted by atomic mass is 9.96. The molecule has 0 amide bonds. The fraction of sp³-hybridized carbons (Fsp3) is 0.200. The van der Waals surface area contributed by atoms with Gasteiger partial charge in [0.1, 0.15) is 0 Å². The van der Waals surface area contributed by atoms with E-state index in [2.05, 4.69) is 19.1 Å². The molecule has 88 valence electrons. The van der Waals surface area contributed by atoms with Crippen molar-refractivity contribution in [1.82, 2.24) is 0 Å². The normalized spacial score (nSPS) is 10.4. The van der Waals surface area contributed by atoms with Crippen LogP contribution >= 0.6 is 0 Å². The molecular weight excluding hydrogens is 208 g/mol. The van der Waals surface area contributed by atoms with E-state index < -0.39 is 0 Å². The van der Waals surface area contributed by atoms with Crippen molar-refractivity contribution >= 4 is 11.4 Å². The van der Waals surface area contributed by atoms with E-state index in [1.807, 2.05) is 30.3 Å². The van der Waals surface area contributed by atoms with Gasteiger partial charge in [-0.05, 0) is 41.7 Å². The largest absolute Gasteiger partial charge is 0.398 e. The van der Waals surface area contributed by atoms with Crippen LogP contribution in [-0.2, 0) is 12.8 Å². The van der Waals surface area contributed by atoms with Crippen LogP contribution < -0.4 is 11.5 Å². The molecule has 0 unspecified atom stereocenters. The molecule has 2 nitrogen and oxygen atoms in total. The molecule has 2 rings (SSSR count). The summed E-state index contributed by atoms with van der Waals surface area (Å²) in [5.41, 5.74) is 17.3. The predicted molar refractivity (Wildman–Crippen MR) is 73.9 cm³/mol. The van der Waals surface area contributed by atoms with E-state index in [9.17, 15) is 0 Å². The Labute approximate surface area is 102 Å². The first kappa shape index (κ1) is 11.5. The Morgan fingerprint density at radius 3 is 2.18 bits per heavy atom. The summed E-state index contributed by atoms with van der Waals surface area (Å²) in [4.78, 5) is 0. The Morgan fingerprint density at radius 1 is 0.824 bits per heavy atom. The highest BCUT2D eigenvalue weighted by molar-refractivity contribution is 5.55. The second kappa shape index (κ2) is 4.91. The molecule has 0 aliphatic rings. The van der Waals surface area contributed by atoms with Crippen LogP contribution in [-0.4, -0.2) is 0 Å². The standard InChI is InChI=1S/C15H18N2/c1-2-13-11(7-5-9-15(13)17)10-12-6-3-4-8-14(12)16/h3-9H,2,10,16-17H2,1H3. The smallest absolute Gasteiger partial charge is 0.0349 e. The number of nitrogens with two attached hydrogens (primary N) is 2. The van der Waals surface area contributed by atoms with Gasteiger partial charge in [-0.15, -0.1) is 0 Å². The molecule has 0 spiro atoms. The van der Waals surface area contributed by atoms with Crippen molar-refractivity contribution in [3.8, 4) is 0 Å². The highest BCUT2D eigenvalue weighted by Crippen LogP contribution is 2.23. The highest BCUT2D eigenvalue weighted by atomic mass is 14.6. The van der Waals surface area contributed by atoms with Crippen LogP contribution in [0.3, 0.4) is 0 Å². The highest BCUT2D eigenvalue weighted by Gasteiger charge is 2.06. The first-order valence-corrected chi connectivity index (χ1v) is 5.92. The van der Waals surface area contributed by atoms with Gasteiger partial charge in [0.2, 0.25) is 0 Å². The average Bonchev–Trinajstić information content (AvgIpc) is 2.32. The SMILES string of the molecule is CCc1c(N)cccc1Cc1ccccc1N. The van der Waals surface area contributed by atoms with E-state index in [-0.39, 0.29) is 0 Å². The van der Waals surface area contributed by atoms with E-state index in [0.717, 1.165) is 29.8 Å². The molecule has 4 N–H and O–H groups in total. The van der Waals surface area contributed by atoms with Crippen molar-refractivity contribution in [3.63, 3.8) is 0 Å². The van der Waals surface area contributed by atoms with Crippen molar-refractivity contribution in [3.05, 3.63) is 59.2 Å². The molecule has 17 heavy (non-hydrogen) atoms. The minimum Gasteiger partial charge on any atom is -0.398 e. The summed E-state index contributed by atoms with van der Waals surface area (Å²) in [7, 11) is 0. The number of rotatable bonds is 3. The molecule has 0 saturated heterocycles. The maximum Gasteiger partial charge on any atom is 0.0349 e. The zero-order chi connectivity index (χ0) is 12.3. The molecule has 0 bridgehead atoms. The number of para-hydroxylation sites is 1. The molecule has 2 heteroatoms. The van der Waals surface area contributed by atoms with Gasteiger partial charge in [-0.1, -0.05) is 37.3 Å². The first-order valence-electron chi connectivity index (χ1n) is 5.92. The van der Waals surface area contributed by atoms with E-state index in [1.165, 1.54) is 11.1 Å². The molecule has 0 fully saturated rings. The third kappa shape index (κ3) is 2.41. The number of benzene rings is 2. The topological polar surface area (TPSA) is 52.0 Å². The molecule has 0 heterocycles. The summed E-state index contributed by atoms with van der Waals surface area (Å²) in [6, 6.07) is 14.1. The quantitative estimate of drug-likeness (QED) is 0.790. The average molecular weight is 226 g/mol. The van der Waals surface area contributed by atoms with Crippen molar-refractivity contribution in [2.75, 3.05) is 11.5 Å². The third-order valence-electron chi connectivity index (χ3n) is 3.10. The van der Waals surface area contributed by atoms with Crippen molar-refractivity contribution in [2.45, 2.75) is 19.8 Å². The molecule has 0 atom stereocenters. The van der Waals surface area contributed by atoms with Gasteiger partial charge in [-0.3, -0.25) is 0 Å². The van der Waals surface area contributed by atoms with Gasteiger partial charge in [-0.2, -0.15) is 0 Å². The zero-order valence-electron chi connectivity index (χ0n) is 10.1. The predicted octanol–water partition coefficient (Wildman–Crippen LogP) is 3.00. The Bertz CT molecular complexity index is 518. The molecule has 0 aliphatic carbocycles. The maximum absolute atomic E-state index is 5.99. The van der Waals surface area contributed by atoms with Crippen LogP contribution in [0.15, 0.2) is 42.5 Å². The number of anilines is 2. The van der Waals surface area contributed by atoms with Crippen LogP contribution in [0.2, 0.25) is 0 Å². The summed E-state index contributed by atoms with van der Waals surface area (Å²) in [5.74, 6) is 0. The van der Waals surface area contributed by atoms with E-state index in [0.29, 0.717) is 0 Å². The van der Waals surface area contributed by atoms with Crippen LogP contribution in [0.25, 0.3) is 0 Å². The van der Waals surface area contributed by atoms with Crippen molar-refractivity contribution in [1.29, 1.82) is 0 Å². The zero-order valence-corrected chi connectivity index (χ0v) is 10.1. The monoisotopic (exact) mass is 226 g/mol. The van der Waals surface area contributed by atoms with Gasteiger partial charge in [-0.25, -0.2) is 0 Å². The molecule has 0 aliphatic heterocycles. The van der Waals surface area contributed by atoms with Crippen LogP contribution in [0.5, 0.6) is 0 Å². The molecule has 0 aromatic heterocycles. The summed E-state index contributed by atoms with van der Waals surface area (Å²) in [6.45, 7) is 2.13. The minimum atomic E-state index is 0.844. The fourth-order valence-electron chi connectivity index (χ4n) is 2.15. The Kier molecular flexibility index (Phi) is 3.33. The number of hydrogen-bond acceptors (Lipinski definition) is 2. The lowest BCUT2D eigenvalue weighted by molar-refractivity contribution is 1.07.